The van der Waals surface area contributed by atoms with E-state index in [1.165, 1.54) is 0 Å². The lowest BCUT2D eigenvalue weighted by Crippen LogP contribution is -1.59. The predicted molar refractivity (Wildman–Crippen MR) is 36.8 cm³/mol. The van der Waals surface area contributed by atoms with Gasteiger partial charge >= 0.3 is 0 Å². The summed E-state index contributed by atoms with van der Waals surface area (Å²) in [7, 11) is 0. The van der Waals surface area contributed by atoms with Gasteiger partial charge in [0.2, 0.25) is 0 Å². The van der Waals surface area contributed by atoms with Gasteiger partial charge in [0, 0.05) is 13.3 Å². The molecule has 1 aromatic heterocycles. The summed E-state index contributed by atoms with van der Waals surface area (Å²) in [6.45, 7) is 5.97. The van der Waals surface area contributed by atoms with Crippen LogP contribution in [0.5, 0.6) is 0 Å². The van der Waals surface area contributed by atoms with Gasteiger partial charge in [-0.25, -0.2) is 4.98 Å². The van der Waals surface area contributed by atoms with Crippen molar-refractivity contribution in [3.05, 3.63) is 18.2 Å². The standard InChI is InChI=1S/C4H6N2.C2H6.H2/c1-4-2-5-3-6-4;1-2;/h2-3H,1H3,(H,5,6);1-2H3;1H. The summed E-state index contributed by atoms with van der Waals surface area (Å²) in [4.78, 5) is 6.66. The molecule has 1 aromatic rings. The summed E-state index contributed by atoms with van der Waals surface area (Å²) in [6.07, 6.45) is 3.44. The molecule has 0 aromatic carbocycles. The Balaban J connectivity index is 0. The van der Waals surface area contributed by atoms with Crippen LogP contribution in [0.2, 0.25) is 0 Å². The second-order valence-electron chi connectivity index (χ2n) is 1.23. The third-order valence-electron chi connectivity index (χ3n) is 0.635. The zero-order valence-electron chi connectivity index (χ0n) is 5.60. The Morgan fingerprint density at radius 1 is 1.62 bits per heavy atom. The van der Waals surface area contributed by atoms with E-state index < -0.39 is 0 Å². The highest BCUT2D eigenvalue weighted by molar-refractivity contribution is 4.87. The Morgan fingerprint density at radius 3 is 2.38 bits per heavy atom. The molecule has 48 valence electrons. The van der Waals surface area contributed by atoms with Gasteiger partial charge in [-0.2, -0.15) is 0 Å². The number of aromatic amines is 1. The van der Waals surface area contributed by atoms with Gasteiger partial charge < -0.3 is 4.98 Å². The first kappa shape index (κ1) is 7.21. The van der Waals surface area contributed by atoms with E-state index in [0.717, 1.165) is 5.69 Å². The minimum absolute atomic E-state index is 0. The number of aromatic nitrogens is 2. The summed E-state index contributed by atoms with van der Waals surface area (Å²) >= 11 is 0. The van der Waals surface area contributed by atoms with Crippen molar-refractivity contribution < 1.29 is 1.43 Å². The van der Waals surface area contributed by atoms with Crippen LogP contribution in [-0.2, 0) is 0 Å². The molecule has 0 fully saturated rings. The van der Waals surface area contributed by atoms with Crippen LogP contribution in [0.1, 0.15) is 21.0 Å². The number of hydrogen-bond donors (Lipinski definition) is 1. The second-order valence-corrected chi connectivity index (χ2v) is 1.23. The molecule has 0 amide bonds. The van der Waals surface area contributed by atoms with E-state index in [1.54, 1.807) is 12.5 Å². The van der Waals surface area contributed by atoms with Gasteiger partial charge in [0.1, 0.15) is 0 Å². The van der Waals surface area contributed by atoms with E-state index in [0.29, 0.717) is 0 Å². The van der Waals surface area contributed by atoms with E-state index >= 15 is 0 Å². The molecule has 2 nitrogen and oxygen atoms in total. The first-order valence-corrected chi connectivity index (χ1v) is 2.84. The number of nitrogens with one attached hydrogen (secondary N) is 1. The monoisotopic (exact) mass is 114 g/mol. The molecule has 1 N–H and O–H groups in total. The topological polar surface area (TPSA) is 28.7 Å². The van der Waals surface area contributed by atoms with Crippen LogP contribution in [-0.4, -0.2) is 9.97 Å². The largest absolute Gasteiger partial charge is 0.349 e. The van der Waals surface area contributed by atoms with E-state index in [-0.39, 0.29) is 1.43 Å². The van der Waals surface area contributed by atoms with Crippen LogP contribution in [0, 0.1) is 6.92 Å². The van der Waals surface area contributed by atoms with Crippen LogP contribution < -0.4 is 0 Å². The molecule has 0 aliphatic heterocycles. The second kappa shape index (κ2) is 4.37. The average Bonchev–Trinajstić information content (AvgIpc) is 2.24. The van der Waals surface area contributed by atoms with E-state index in [2.05, 4.69) is 9.97 Å². The smallest absolute Gasteiger partial charge is 0.0921 e. The molecule has 0 aliphatic carbocycles. The van der Waals surface area contributed by atoms with E-state index in [4.69, 9.17) is 0 Å². The minimum Gasteiger partial charge on any atom is -0.349 e. The fraction of sp³-hybridized carbons (Fsp3) is 0.500. The van der Waals surface area contributed by atoms with Gasteiger partial charge in [-0.15, -0.1) is 0 Å². The van der Waals surface area contributed by atoms with Crippen molar-refractivity contribution in [2.24, 2.45) is 0 Å². The number of rotatable bonds is 0. The van der Waals surface area contributed by atoms with Crippen LogP contribution >= 0.6 is 0 Å². The molecule has 0 saturated carbocycles. The third-order valence-corrected chi connectivity index (χ3v) is 0.635. The fourth-order valence-electron chi connectivity index (χ4n) is 0.325. The Bertz CT molecular complexity index is 115. The molecule has 8 heavy (non-hydrogen) atoms. The van der Waals surface area contributed by atoms with Crippen molar-refractivity contribution in [2.45, 2.75) is 20.8 Å². The van der Waals surface area contributed by atoms with E-state index in [9.17, 15) is 0 Å². The maximum atomic E-state index is 3.77. The minimum atomic E-state index is 0. The average molecular weight is 114 g/mol. The zero-order chi connectivity index (χ0) is 6.41. The summed E-state index contributed by atoms with van der Waals surface area (Å²) in [5.41, 5.74) is 1.11. The summed E-state index contributed by atoms with van der Waals surface area (Å²) in [6, 6.07) is 0. The van der Waals surface area contributed by atoms with Crippen LogP contribution in [0.15, 0.2) is 12.5 Å². The lowest BCUT2D eigenvalue weighted by Gasteiger charge is -1.67. The third kappa shape index (κ3) is 2.39. The fourth-order valence-corrected chi connectivity index (χ4v) is 0.325. The van der Waals surface area contributed by atoms with Crippen molar-refractivity contribution in [3.63, 3.8) is 0 Å². The number of hydrogen-bond acceptors (Lipinski definition) is 1. The van der Waals surface area contributed by atoms with Gasteiger partial charge in [0.15, 0.2) is 0 Å². The molecule has 0 saturated heterocycles. The van der Waals surface area contributed by atoms with Gasteiger partial charge in [-0.1, -0.05) is 13.8 Å². The van der Waals surface area contributed by atoms with Crippen molar-refractivity contribution in [1.29, 1.82) is 0 Å². The lowest BCUT2D eigenvalue weighted by molar-refractivity contribution is 1.25. The maximum Gasteiger partial charge on any atom is 0.0921 e. The molecule has 1 heterocycles. The molecule has 2 heteroatoms. The Labute approximate surface area is 51.4 Å². The molecule has 0 radical (unpaired) electrons. The molecule has 0 spiro atoms. The van der Waals surface area contributed by atoms with Crippen molar-refractivity contribution in [1.82, 2.24) is 9.97 Å². The van der Waals surface area contributed by atoms with Crippen molar-refractivity contribution in [3.8, 4) is 0 Å². The Hall–Kier alpha value is -0.790. The summed E-state index contributed by atoms with van der Waals surface area (Å²) in [5.74, 6) is 0. The first-order valence-electron chi connectivity index (χ1n) is 2.84. The van der Waals surface area contributed by atoms with Gasteiger partial charge in [-0.3, -0.25) is 0 Å². The quantitative estimate of drug-likeness (QED) is 0.549. The van der Waals surface area contributed by atoms with Crippen molar-refractivity contribution >= 4 is 0 Å². The van der Waals surface area contributed by atoms with Crippen LogP contribution in [0.25, 0.3) is 0 Å². The highest BCUT2D eigenvalue weighted by atomic mass is 14.8. The molecule has 0 unspecified atom stereocenters. The van der Waals surface area contributed by atoms with Gasteiger partial charge in [0.25, 0.3) is 0 Å². The van der Waals surface area contributed by atoms with Crippen LogP contribution in [0.4, 0.5) is 0 Å². The highest BCUT2D eigenvalue weighted by Crippen LogP contribution is 1.81. The highest BCUT2D eigenvalue weighted by Gasteiger charge is 1.73. The lowest BCUT2D eigenvalue weighted by atomic mass is 10.6. The van der Waals surface area contributed by atoms with E-state index in [1.807, 2.05) is 20.8 Å². The molecule has 1 rings (SSSR count). The number of imidazole rings is 1. The Morgan fingerprint density at radius 2 is 2.25 bits per heavy atom. The summed E-state index contributed by atoms with van der Waals surface area (Å²) < 4.78 is 0. The molecular weight excluding hydrogens is 100 g/mol. The molecule has 0 atom stereocenters. The molecular formula is C6H14N2. The molecule has 0 bridgehead atoms. The van der Waals surface area contributed by atoms with Crippen LogP contribution in [0.3, 0.4) is 0 Å². The molecule has 0 aliphatic rings. The number of H-pyrrole nitrogens is 1. The van der Waals surface area contributed by atoms with Gasteiger partial charge in [-0.05, 0) is 6.92 Å². The van der Waals surface area contributed by atoms with Gasteiger partial charge in [0.05, 0.1) is 6.33 Å². The number of aryl methyl sites for hydroxylation is 1. The normalized spacial score (nSPS) is 7.38. The SMILES string of the molecule is CC.Cc1cnc[nH]1.[HH]. The summed E-state index contributed by atoms with van der Waals surface area (Å²) in [5, 5.41) is 0. The van der Waals surface area contributed by atoms with Crippen molar-refractivity contribution in [2.75, 3.05) is 0 Å². The maximum absolute atomic E-state index is 3.77. The first-order chi connectivity index (χ1) is 3.89. The zero-order valence-corrected chi connectivity index (χ0v) is 5.60. The Kier molecular flexibility index (Phi) is 3.94. The number of nitrogens with zero attached hydrogens (tertiary/aromatic N) is 1. The predicted octanol–water partition coefficient (Wildman–Crippen LogP) is 1.99.